The molecule has 2 aromatic heterocycles. The quantitative estimate of drug-likeness (QED) is 0.300. The predicted octanol–water partition coefficient (Wildman–Crippen LogP) is 4.13. The lowest BCUT2D eigenvalue weighted by Crippen LogP contribution is -2.08. The van der Waals surface area contributed by atoms with E-state index in [2.05, 4.69) is 10.1 Å². The zero-order valence-electron chi connectivity index (χ0n) is 15.3. The topological polar surface area (TPSA) is 95.4 Å². The summed E-state index contributed by atoms with van der Waals surface area (Å²) in [6.07, 6.45) is 0.211. The van der Waals surface area contributed by atoms with E-state index in [1.54, 1.807) is 31.2 Å². The molecule has 2 aromatic carbocycles. The summed E-state index contributed by atoms with van der Waals surface area (Å²) in [5.41, 5.74) is 1.47. The Labute approximate surface area is 159 Å². The van der Waals surface area contributed by atoms with Crippen molar-refractivity contribution in [2.45, 2.75) is 20.3 Å². The summed E-state index contributed by atoms with van der Waals surface area (Å²) in [7, 11) is 0. The van der Waals surface area contributed by atoms with Crippen LogP contribution in [0.4, 0.5) is 0 Å². The Hall–Kier alpha value is -3.74. The molecule has 0 aliphatic rings. The number of hydrogen-bond donors (Lipinski definition) is 0. The molecule has 0 N–H and O–H groups in total. The van der Waals surface area contributed by atoms with Gasteiger partial charge < -0.3 is 13.7 Å². The Kier molecular flexibility index (Phi) is 4.49. The van der Waals surface area contributed by atoms with Crippen molar-refractivity contribution in [3.63, 3.8) is 0 Å². The van der Waals surface area contributed by atoms with E-state index in [1.165, 1.54) is 0 Å². The lowest BCUT2D eigenvalue weighted by Gasteiger charge is -2.05. The molecule has 0 radical (unpaired) electrons. The third-order valence-corrected chi connectivity index (χ3v) is 4.28. The number of rotatable bonds is 4. The zero-order chi connectivity index (χ0) is 19.7. The number of esters is 1. The van der Waals surface area contributed by atoms with Gasteiger partial charge in [0.05, 0.1) is 0 Å². The highest BCUT2D eigenvalue weighted by Crippen LogP contribution is 2.29. The molecule has 0 fully saturated rings. The van der Waals surface area contributed by atoms with E-state index in [9.17, 15) is 9.59 Å². The highest BCUT2D eigenvalue weighted by Gasteiger charge is 2.18. The van der Waals surface area contributed by atoms with Crippen LogP contribution in [-0.2, 0) is 4.79 Å². The molecule has 4 rings (SSSR count). The summed E-state index contributed by atoms with van der Waals surface area (Å²) in [6.45, 7) is 3.62. The molecule has 0 spiro atoms. The third-order valence-electron chi connectivity index (χ3n) is 4.28. The Morgan fingerprint density at radius 3 is 2.71 bits per heavy atom. The fraction of sp³-hybridized carbons (Fsp3) is 0.143. The first-order valence-corrected chi connectivity index (χ1v) is 8.74. The van der Waals surface area contributed by atoms with Crippen LogP contribution in [0.3, 0.4) is 0 Å². The molecule has 0 saturated carbocycles. The summed E-state index contributed by atoms with van der Waals surface area (Å²) in [5, 5.41) is 4.55. The molecule has 140 valence electrons. The highest BCUT2D eigenvalue weighted by atomic mass is 16.5. The Morgan fingerprint density at radius 2 is 1.93 bits per heavy atom. The molecular formula is C21H16N2O5. The predicted molar refractivity (Wildman–Crippen MR) is 102 cm³/mol. The van der Waals surface area contributed by atoms with Gasteiger partial charge in [-0.25, -0.2) is 4.79 Å². The summed E-state index contributed by atoms with van der Waals surface area (Å²) in [6, 6.07) is 14.2. The number of nitrogens with zero attached hydrogens (tertiary/aromatic N) is 2. The zero-order valence-corrected chi connectivity index (χ0v) is 15.3. The molecule has 28 heavy (non-hydrogen) atoms. The molecule has 0 aliphatic carbocycles. The molecule has 0 atom stereocenters. The standard InChI is InChI=1S/C21H16N2O5/c1-3-17(24)26-16-10-6-8-13-11-15(21(25)27-18(13)16)20-22-19(23-28-20)14-9-5-4-7-12(14)2/h4-11H,3H2,1-2H3. The molecule has 0 amide bonds. The van der Waals surface area contributed by atoms with Crippen LogP contribution in [0.2, 0.25) is 0 Å². The van der Waals surface area contributed by atoms with E-state index in [-0.39, 0.29) is 29.2 Å². The van der Waals surface area contributed by atoms with E-state index in [1.807, 2.05) is 31.2 Å². The minimum Gasteiger partial charge on any atom is -0.422 e. The van der Waals surface area contributed by atoms with Crippen LogP contribution in [0.15, 0.2) is 62.3 Å². The molecule has 0 unspecified atom stereocenters. The van der Waals surface area contributed by atoms with Gasteiger partial charge in [-0.05, 0) is 24.6 Å². The van der Waals surface area contributed by atoms with E-state index in [0.29, 0.717) is 11.2 Å². The highest BCUT2D eigenvalue weighted by molar-refractivity contribution is 5.87. The molecule has 0 saturated heterocycles. The first-order chi connectivity index (χ1) is 13.6. The van der Waals surface area contributed by atoms with Crippen LogP contribution in [0.1, 0.15) is 18.9 Å². The lowest BCUT2D eigenvalue weighted by atomic mass is 10.1. The van der Waals surface area contributed by atoms with Crippen LogP contribution in [-0.4, -0.2) is 16.1 Å². The Morgan fingerprint density at radius 1 is 1.11 bits per heavy atom. The van der Waals surface area contributed by atoms with Gasteiger partial charge in [0.1, 0.15) is 5.56 Å². The number of aromatic nitrogens is 2. The van der Waals surface area contributed by atoms with Crippen molar-refractivity contribution >= 4 is 16.9 Å². The second-order valence-electron chi connectivity index (χ2n) is 6.19. The average Bonchev–Trinajstić information content (AvgIpc) is 3.18. The van der Waals surface area contributed by atoms with Gasteiger partial charge in [0, 0.05) is 17.4 Å². The summed E-state index contributed by atoms with van der Waals surface area (Å²) in [5.74, 6) is 0.223. The molecule has 0 bridgehead atoms. The van der Waals surface area contributed by atoms with Gasteiger partial charge in [-0.2, -0.15) is 4.98 Å². The number of aryl methyl sites for hydroxylation is 1. The maximum absolute atomic E-state index is 12.5. The first kappa shape index (κ1) is 17.7. The van der Waals surface area contributed by atoms with E-state index >= 15 is 0 Å². The van der Waals surface area contributed by atoms with E-state index < -0.39 is 11.6 Å². The van der Waals surface area contributed by atoms with Crippen molar-refractivity contribution in [2.24, 2.45) is 0 Å². The number of fused-ring (bicyclic) bond motifs is 1. The Balaban J connectivity index is 1.78. The van der Waals surface area contributed by atoms with Gasteiger partial charge in [-0.3, -0.25) is 4.79 Å². The molecule has 7 heteroatoms. The van der Waals surface area contributed by atoms with Crippen molar-refractivity contribution in [1.82, 2.24) is 10.1 Å². The van der Waals surface area contributed by atoms with Gasteiger partial charge in [0.15, 0.2) is 11.3 Å². The van der Waals surface area contributed by atoms with Gasteiger partial charge >= 0.3 is 11.6 Å². The van der Waals surface area contributed by atoms with Crippen molar-refractivity contribution in [1.29, 1.82) is 0 Å². The number of benzene rings is 2. The maximum atomic E-state index is 12.5. The van der Waals surface area contributed by atoms with Crippen LogP contribution in [0, 0.1) is 6.92 Å². The van der Waals surface area contributed by atoms with Gasteiger partial charge in [0.2, 0.25) is 5.82 Å². The molecule has 7 nitrogen and oxygen atoms in total. The number of hydrogen-bond acceptors (Lipinski definition) is 7. The van der Waals surface area contributed by atoms with Crippen molar-refractivity contribution in [3.05, 3.63) is 64.5 Å². The fourth-order valence-electron chi connectivity index (χ4n) is 2.81. The molecule has 4 aromatic rings. The van der Waals surface area contributed by atoms with Gasteiger partial charge in [-0.15, -0.1) is 0 Å². The third kappa shape index (κ3) is 3.18. The molecule has 0 aliphatic heterocycles. The summed E-state index contributed by atoms with van der Waals surface area (Å²) in [4.78, 5) is 28.4. The van der Waals surface area contributed by atoms with E-state index in [0.717, 1.165) is 11.1 Å². The monoisotopic (exact) mass is 376 g/mol. The van der Waals surface area contributed by atoms with Crippen molar-refractivity contribution < 1.29 is 18.5 Å². The lowest BCUT2D eigenvalue weighted by molar-refractivity contribution is -0.133. The summed E-state index contributed by atoms with van der Waals surface area (Å²) >= 11 is 0. The van der Waals surface area contributed by atoms with Gasteiger partial charge in [-0.1, -0.05) is 48.5 Å². The van der Waals surface area contributed by atoms with Crippen molar-refractivity contribution in [2.75, 3.05) is 0 Å². The van der Waals surface area contributed by atoms with Crippen LogP contribution < -0.4 is 10.4 Å². The van der Waals surface area contributed by atoms with Gasteiger partial charge in [0.25, 0.3) is 5.89 Å². The van der Waals surface area contributed by atoms with Crippen molar-refractivity contribution in [3.8, 4) is 28.6 Å². The first-order valence-electron chi connectivity index (χ1n) is 8.74. The molecule has 2 heterocycles. The second kappa shape index (κ2) is 7.11. The molecular weight excluding hydrogens is 360 g/mol. The van der Waals surface area contributed by atoms with Crippen LogP contribution in [0.25, 0.3) is 33.8 Å². The second-order valence-corrected chi connectivity index (χ2v) is 6.19. The number of para-hydroxylation sites is 1. The van der Waals surface area contributed by atoms with E-state index in [4.69, 9.17) is 13.7 Å². The minimum absolute atomic E-state index is 0.0601. The van der Waals surface area contributed by atoms with Crippen LogP contribution >= 0.6 is 0 Å². The maximum Gasteiger partial charge on any atom is 0.349 e. The Bertz CT molecular complexity index is 1240. The average molecular weight is 376 g/mol. The summed E-state index contributed by atoms with van der Waals surface area (Å²) < 4.78 is 15.9. The SMILES string of the molecule is CCC(=O)Oc1cccc2cc(-c3nc(-c4ccccc4C)no3)c(=O)oc12. The number of carbonyl (C=O) groups is 1. The smallest absolute Gasteiger partial charge is 0.349 e. The normalized spacial score (nSPS) is 10.9. The largest absolute Gasteiger partial charge is 0.422 e. The number of ether oxygens (including phenoxy) is 1. The van der Waals surface area contributed by atoms with Crippen LogP contribution in [0.5, 0.6) is 5.75 Å². The fourth-order valence-corrected chi connectivity index (χ4v) is 2.81. The minimum atomic E-state index is -0.660. The number of carbonyl (C=O) groups excluding carboxylic acids is 1.